The van der Waals surface area contributed by atoms with Gasteiger partial charge in [0.1, 0.15) is 22.4 Å². The van der Waals surface area contributed by atoms with E-state index in [0.29, 0.717) is 0 Å². The first kappa shape index (κ1) is 40.1. The number of halogens is 2. The van der Waals surface area contributed by atoms with Crippen molar-refractivity contribution in [3.8, 4) is 0 Å². The van der Waals surface area contributed by atoms with Crippen LogP contribution in [0.4, 0.5) is 0 Å². The highest BCUT2D eigenvalue weighted by molar-refractivity contribution is 7.99. The molecule has 260 valence electrons. The third-order valence-electron chi connectivity index (χ3n) is 5.77. The molecule has 0 atom stereocenters. The molecule has 2 aromatic rings. The van der Waals surface area contributed by atoms with Crippen molar-refractivity contribution in [1.82, 2.24) is 20.4 Å². The van der Waals surface area contributed by atoms with E-state index in [1.807, 2.05) is 0 Å². The van der Waals surface area contributed by atoms with Gasteiger partial charge in [0.15, 0.2) is 10.3 Å². The lowest BCUT2D eigenvalue weighted by molar-refractivity contribution is -0.178. The molecule has 0 amide bonds. The van der Waals surface area contributed by atoms with Crippen LogP contribution in [0.15, 0.2) is 24.3 Å². The monoisotopic (exact) mass is 714 g/mol. The van der Waals surface area contributed by atoms with Crippen LogP contribution in [-0.4, -0.2) is 78.2 Å². The number of hydrogen-bond donors (Lipinski definition) is 0. The van der Waals surface area contributed by atoms with E-state index in [1.54, 1.807) is 83.1 Å². The van der Waals surface area contributed by atoms with Crippen molar-refractivity contribution < 1.29 is 38.1 Å². The molecule has 0 fully saturated rings. The van der Waals surface area contributed by atoms with Gasteiger partial charge in [-0.1, -0.05) is 23.2 Å². The normalized spacial score (nSPS) is 13.1. The summed E-state index contributed by atoms with van der Waals surface area (Å²) in [5.74, 6) is -4.82. The van der Waals surface area contributed by atoms with Crippen LogP contribution in [0.5, 0.6) is 0 Å². The molecule has 15 heteroatoms. The quantitative estimate of drug-likeness (QED) is 0.164. The van der Waals surface area contributed by atoms with Gasteiger partial charge >= 0.3 is 23.9 Å². The molecule has 0 bridgehead atoms. The average molecular weight is 716 g/mol. The standard InChI is InChI=1S/C32H44Cl2N4O8S/c1-27(2,3)43-23(39)31(24(40)44-28(4,5)6,19-13-15-21(33)37-35-19)17-47-18-32(25(41)45-29(7,8)9,26(42)46-30(10,11)12)20-14-16-22(34)38-36-20/h13-16H,17-18H2,1-12H3. The molecule has 0 spiro atoms. The van der Waals surface area contributed by atoms with E-state index in [0.717, 1.165) is 11.8 Å². The van der Waals surface area contributed by atoms with Crippen molar-refractivity contribution in [3.05, 3.63) is 46.0 Å². The fourth-order valence-electron chi connectivity index (χ4n) is 3.87. The molecule has 2 rings (SSSR count). The van der Waals surface area contributed by atoms with E-state index in [4.69, 9.17) is 42.1 Å². The summed E-state index contributed by atoms with van der Waals surface area (Å²) in [7, 11) is 0. The van der Waals surface area contributed by atoms with Gasteiger partial charge in [0.2, 0.25) is 10.8 Å². The first-order valence-corrected chi connectivity index (χ1v) is 16.6. The van der Waals surface area contributed by atoms with Gasteiger partial charge in [0, 0.05) is 11.5 Å². The largest absolute Gasteiger partial charge is 0.459 e. The topological polar surface area (TPSA) is 157 Å². The molecule has 0 unspecified atom stereocenters. The highest BCUT2D eigenvalue weighted by atomic mass is 35.5. The summed E-state index contributed by atoms with van der Waals surface area (Å²) in [6.45, 7) is 19.7. The summed E-state index contributed by atoms with van der Waals surface area (Å²) in [6.07, 6.45) is 0. The lowest BCUT2D eigenvalue weighted by Crippen LogP contribution is -2.54. The van der Waals surface area contributed by atoms with Gasteiger partial charge in [0.25, 0.3) is 0 Å². The molecule has 0 aliphatic heterocycles. The molecule has 0 aliphatic rings. The third kappa shape index (κ3) is 11.0. The minimum absolute atomic E-state index is 0.0128. The summed E-state index contributed by atoms with van der Waals surface area (Å²) in [5.41, 5.74) is -8.86. The lowest BCUT2D eigenvalue weighted by atomic mass is 9.85. The van der Waals surface area contributed by atoms with Crippen LogP contribution in [0.1, 0.15) is 94.5 Å². The van der Waals surface area contributed by atoms with Gasteiger partial charge in [-0.05, 0) is 107 Å². The Morgan fingerprint density at radius 2 is 0.766 bits per heavy atom. The Morgan fingerprint density at radius 3 is 0.957 bits per heavy atom. The van der Waals surface area contributed by atoms with Gasteiger partial charge in [-0.15, -0.1) is 10.2 Å². The number of ether oxygens (including phenoxy) is 4. The molecule has 0 radical (unpaired) electrons. The first-order valence-electron chi connectivity index (χ1n) is 14.7. The second-order valence-electron chi connectivity index (χ2n) is 14.8. The Hall–Kier alpha value is -3.03. The fourth-order valence-corrected chi connectivity index (χ4v) is 5.56. The van der Waals surface area contributed by atoms with Crippen molar-refractivity contribution in [2.75, 3.05) is 11.5 Å². The number of aromatic nitrogens is 4. The Labute approximate surface area is 290 Å². The smallest absolute Gasteiger partial charge is 0.331 e. The average Bonchev–Trinajstić information content (AvgIpc) is 2.86. The van der Waals surface area contributed by atoms with Crippen LogP contribution in [0.2, 0.25) is 10.3 Å². The van der Waals surface area contributed by atoms with Gasteiger partial charge in [-0.3, -0.25) is 19.2 Å². The molecular formula is C32H44Cl2N4O8S. The lowest BCUT2D eigenvalue weighted by Gasteiger charge is -2.36. The number of carbonyl (C=O) groups is 4. The van der Waals surface area contributed by atoms with Crippen molar-refractivity contribution in [2.24, 2.45) is 0 Å². The summed E-state index contributed by atoms with van der Waals surface area (Å²) < 4.78 is 23.0. The summed E-state index contributed by atoms with van der Waals surface area (Å²) >= 11 is 12.9. The molecule has 47 heavy (non-hydrogen) atoms. The van der Waals surface area contributed by atoms with Gasteiger partial charge in [-0.2, -0.15) is 22.0 Å². The Morgan fingerprint density at radius 1 is 0.511 bits per heavy atom. The van der Waals surface area contributed by atoms with Crippen LogP contribution >= 0.6 is 35.0 Å². The number of esters is 4. The second kappa shape index (κ2) is 14.6. The summed E-state index contributed by atoms with van der Waals surface area (Å²) in [6, 6.07) is 5.47. The van der Waals surface area contributed by atoms with Crippen molar-refractivity contribution >= 4 is 58.8 Å². The van der Waals surface area contributed by atoms with Crippen LogP contribution in [0.3, 0.4) is 0 Å². The van der Waals surface area contributed by atoms with Crippen LogP contribution in [0, 0.1) is 0 Å². The Balaban J connectivity index is 2.85. The summed E-state index contributed by atoms with van der Waals surface area (Å²) in [4.78, 5) is 56.6. The van der Waals surface area contributed by atoms with Crippen LogP contribution < -0.4 is 0 Å². The van der Waals surface area contributed by atoms with Crippen molar-refractivity contribution in [1.29, 1.82) is 0 Å². The maximum absolute atomic E-state index is 14.1. The highest BCUT2D eigenvalue weighted by Crippen LogP contribution is 2.39. The molecule has 2 heterocycles. The molecule has 0 aliphatic carbocycles. The Bertz CT molecular complexity index is 1280. The predicted octanol–water partition coefficient (Wildman–Crippen LogP) is 5.85. The van der Waals surface area contributed by atoms with Gasteiger partial charge in [-0.25, -0.2) is 0 Å². The van der Waals surface area contributed by atoms with E-state index in [2.05, 4.69) is 20.4 Å². The van der Waals surface area contributed by atoms with E-state index < -0.39 is 68.6 Å². The maximum atomic E-state index is 14.1. The Kier molecular flexibility index (Phi) is 12.5. The molecule has 0 saturated carbocycles. The number of rotatable bonds is 10. The number of carbonyl (C=O) groups excluding carboxylic acids is 4. The van der Waals surface area contributed by atoms with E-state index in [-0.39, 0.29) is 21.7 Å². The van der Waals surface area contributed by atoms with Crippen molar-refractivity contribution in [2.45, 2.75) is 116 Å². The molecule has 0 N–H and O–H groups in total. The first-order chi connectivity index (χ1) is 21.2. The summed E-state index contributed by atoms with van der Waals surface area (Å²) in [5, 5.41) is 15.9. The minimum Gasteiger partial charge on any atom is -0.459 e. The predicted molar refractivity (Wildman–Crippen MR) is 178 cm³/mol. The highest BCUT2D eigenvalue weighted by Gasteiger charge is 2.58. The van der Waals surface area contributed by atoms with Gasteiger partial charge in [0.05, 0.1) is 11.4 Å². The van der Waals surface area contributed by atoms with Crippen molar-refractivity contribution in [3.63, 3.8) is 0 Å². The molecule has 0 aromatic carbocycles. The number of hydrogen-bond acceptors (Lipinski definition) is 13. The number of thioether (sulfide) groups is 1. The van der Waals surface area contributed by atoms with Crippen LogP contribution in [-0.2, 0) is 49.0 Å². The van der Waals surface area contributed by atoms with E-state index in [9.17, 15) is 19.2 Å². The van der Waals surface area contributed by atoms with Gasteiger partial charge < -0.3 is 18.9 Å². The SMILES string of the molecule is CC(C)(C)OC(=O)C(CSCC(C(=O)OC(C)(C)C)(C(=O)OC(C)(C)C)c1ccc(Cl)nn1)(C(=O)OC(C)(C)C)c1ccc(Cl)nn1. The molecule has 2 aromatic heterocycles. The van der Waals surface area contributed by atoms with E-state index in [1.165, 1.54) is 24.3 Å². The fraction of sp³-hybridized carbons (Fsp3) is 0.625. The zero-order valence-corrected chi connectivity index (χ0v) is 31.3. The number of nitrogens with zero attached hydrogens (tertiary/aromatic N) is 4. The zero-order chi connectivity index (χ0) is 36.2. The maximum Gasteiger partial charge on any atom is 0.331 e. The third-order valence-corrected chi connectivity index (χ3v) is 7.44. The molecule has 12 nitrogen and oxygen atoms in total. The second-order valence-corrected chi connectivity index (χ2v) is 16.6. The molecule has 0 saturated heterocycles. The minimum atomic E-state index is -2.23. The van der Waals surface area contributed by atoms with E-state index >= 15 is 0 Å². The van der Waals surface area contributed by atoms with Crippen LogP contribution in [0.25, 0.3) is 0 Å². The molecular weight excluding hydrogens is 671 g/mol. The zero-order valence-electron chi connectivity index (χ0n) is 28.9.